The molecule has 1 aliphatic heterocycles. The van der Waals surface area contributed by atoms with Crippen LogP contribution in [0, 0.1) is 0 Å². The molecule has 2 aromatic carbocycles. The van der Waals surface area contributed by atoms with E-state index < -0.39 is 0 Å². The number of amides is 1. The maximum atomic E-state index is 12.0. The standard InChI is InChI=1S/C24H32ClN5O/c1-29(2)23(31)17-27-24(26-16-19-8-10-21(25)11-9-19)28-22-12-14-30(15-13-22)18-20-6-4-3-5-7-20/h3-11,22H,12-18H2,1-2H3,(H2,26,27,28). The van der Waals surface area contributed by atoms with Crippen molar-refractivity contribution in [3.05, 3.63) is 70.7 Å². The van der Waals surface area contributed by atoms with Crippen molar-refractivity contribution >= 4 is 23.5 Å². The second kappa shape index (κ2) is 11.7. The predicted molar refractivity (Wildman–Crippen MR) is 127 cm³/mol. The van der Waals surface area contributed by atoms with Gasteiger partial charge < -0.3 is 15.5 Å². The zero-order valence-corrected chi connectivity index (χ0v) is 19.1. The molecule has 7 heteroatoms. The molecule has 2 aromatic rings. The fraction of sp³-hybridized carbons (Fsp3) is 0.417. The second-order valence-electron chi connectivity index (χ2n) is 8.11. The van der Waals surface area contributed by atoms with Crippen molar-refractivity contribution < 1.29 is 4.79 Å². The minimum absolute atomic E-state index is 0.0127. The number of hydrogen-bond acceptors (Lipinski definition) is 3. The van der Waals surface area contributed by atoms with Gasteiger partial charge in [-0.25, -0.2) is 4.99 Å². The van der Waals surface area contributed by atoms with Crippen LogP contribution in [0.1, 0.15) is 24.0 Å². The van der Waals surface area contributed by atoms with E-state index in [1.165, 1.54) is 5.56 Å². The van der Waals surface area contributed by atoms with E-state index in [0.717, 1.165) is 38.0 Å². The van der Waals surface area contributed by atoms with Crippen LogP contribution in [0.2, 0.25) is 5.02 Å². The Kier molecular flexibility index (Phi) is 8.74. The van der Waals surface area contributed by atoms with Gasteiger partial charge in [-0.2, -0.15) is 0 Å². The molecule has 1 fully saturated rings. The van der Waals surface area contributed by atoms with Gasteiger partial charge >= 0.3 is 0 Å². The smallest absolute Gasteiger partial charge is 0.241 e. The highest BCUT2D eigenvalue weighted by Crippen LogP contribution is 2.14. The van der Waals surface area contributed by atoms with Gasteiger partial charge in [-0.15, -0.1) is 0 Å². The largest absolute Gasteiger partial charge is 0.354 e. The third-order valence-electron chi connectivity index (χ3n) is 5.42. The first kappa shape index (κ1) is 23.1. The number of hydrogen-bond donors (Lipinski definition) is 2. The summed E-state index contributed by atoms with van der Waals surface area (Å²) in [6, 6.07) is 18.6. The monoisotopic (exact) mass is 441 g/mol. The van der Waals surface area contributed by atoms with E-state index in [4.69, 9.17) is 16.6 Å². The molecule has 1 heterocycles. The number of aliphatic imine (C=N–C) groups is 1. The molecule has 0 aromatic heterocycles. The molecule has 1 saturated heterocycles. The molecule has 166 valence electrons. The number of benzene rings is 2. The molecule has 6 nitrogen and oxygen atoms in total. The maximum absolute atomic E-state index is 12.0. The third kappa shape index (κ3) is 7.89. The lowest BCUT2D eigenvalue weighted by molar-refractivity contribution is -0.127. The van der Waals surface area contributed by atoms with Crippen LogP contribution in [0.5, 0.6) is 0 Å². The Balaban J connectivity index is 1.55. The zero-order chi connectivity index (χ0) is 22.1. The molecule has 0 radical (unpaired) electrons. The summed E-state index contributed by atoms with van der Waals surface area (Å²) in [5.74, 6) is 0.685. The Labute approximate surface area is 190 Å². The number of nitrogens with one attached hydrogen (secondary N) is 2. The molecule has 0 spiro atoms. The summed E-state index contributed by atoms with van der Waals surface area (Å²) in [6.07, 6.45) is 2.08. The number of halogens is 1. The van der Waals surface area contributed by atoms with Crippen molar-refractivity contribution in [3.63, 3.8) is 0 Å². The van der Waals surface area contributed by atoms with Crippen molar-refractivity contribution in [1.82, 2.24) is 20.4 Å². The van der Waals surface area contributed by atoms with E-state index in [0.29, 0.717) is 23.6 Å². The van der Waals surface area contributed by atoms with E-state index in [-0.39, 0.29) is 12.5 Å². The van der Waals surface area contributed by atoms with Gasteiger partial charge in [0.25, 0.3) is 0 Å². The van der Waals surface area contributed by atoms with Crippen LogP contribution in [-0.4, -0.2) is 61.4 Å². The van der Waals surface area contributed by atoms with Crippen molar-refractivity contribution in [2.75, 3.05) is 33.7 Å². The molecule has 3 rings (SSSR count). The van der Waals surface area contributed by atoms with Crippen LogP contribution < -0.4 is 10.6 Å². The first-order chi connectivity index (χ1) is 15.0. The average molecular weight is 442 g/mol. The molecule has 0 atom stereocenters. The molecule has 1 amide bonds. The molecule has 0 unspecified atom stereocenters. The fourth-order valence-corrected chi connectivity index (χ4v) is 3.63. The first-order valence-electron chi connectivity index (χ1n) is 10.8. The second-order valence-corrected chi connectivity index (χ2v) is 8.55. The topological polar surface area (TPSA) is 60.0 Å². The van der Waals surface area contributed by atoms with Gasteiger partial charge in [0.2, 0.25) is 5.91 Å². The van der Waals surface area contributed by atoms with E-state index in [9.17, 15) is 4.79 Å². The average Bonchev–Trinajstić information content (AvgIpc) is 2.78. The Morgan fingerprint density at radius 2 is 1.74 bits per heavy atom. The Bertz CT molecular complexity index is 846. The van der Waals surface area contributed by atoms with E-state index in [2.05, 4.69) is 45.9 Å². The number of carbonyl (C=O) groups is 1. The van der Waals surface area contributed by atoms with Gasteiger partial charge in [-0.3, -0.25) is 9.69 Å². The summed E-state index contributed by atoms with van der Waals surface area (Å²) in [7, 11) is 3.51. The lowest BCUT2D eigenvalue weighted by Gasteiger charge is -2.33. The SMILES string of the molecule is CN(C)C(=O)CNC(=NCc1ccc(Cl)cc1)NC1CCN(Cc2ccccc2)CC1. The molecule has 1 aliphatic rings. The van der Waals surface area contributed by atoms with Gasteiger partial charge in [0.05, 0.1) is 13.1 Å². The summed E-state index contributed by atoms with van der Waals surface area (Å²) in [6.45, 7) is 3.80. The lowest BCUT2D eigenvalue weighted by Crippen LogP contribution is -2.50. The minimum atomic E-state index is 0.0127. The lowest BCUT2D eigenvalue weighted by atomic mass is 10.0. The highest BCUT2D eigenvalue weighted by molar-refractivity contribution is 6.30. The number of carbonyl (C=O) groups excluding carboxylic acids is 1. The number of rotatable bonds is 7. The summed E-state index contributed by atoms with van der Waals surface area (Å²) < 4.78 is 0. The summed E-state index contributed by atoms with van der Waals surface area (Å²) in [5.41, 5.74) is 2.42. The molecule has 0 aliphatic carbocycles. The van der Waals surface area contributed by atoms with Crippen molar-refractivity contribution in [3.8, 4) is 0 Å². The fourth-order valence-electron chi connectivity index (χ4n) is 3.50. The van der Waals surface area contributed by atoms with Crippen LogP contribution in [0.3, 0.4) is 0 Å². The van der Waals surface area contributed by atoms with Crippen LogP contribution in [0.25, 0.3) is 0 Å². The molecule has 31 heavy (non-hydrogen) atoms. The predicted octanol–water partition coefficient (Wildman–Crippen LogP) is 3.13. The molecule has 2 N–H and O–H groups in total. The zero-order valence-electron chi connectivity index (χ0n) is 18.4. The Morgan fingerprint density at radius 3 is 2.39 bits per heavy atom. The van der Waals surface area contributed by atoms with E-state index in [1.807, 2.05) is 24.3 Å². The van der Waals surface area contributed by atoms with Gasteiger partial charge in [-0.05, 0) is 36.1 Å². The van der Waals surface area contributed by atoms with Crippen molar-refractivity contribution in [2.45, 2.75) is 32.0 Å². The van der Waals surface area contributed by atoms with E-state index >= 15 is 0 Å². The Hall–Kier alpha value is -2.57. The number of likely N-dealkylation sites (tertiary alicyclic amines) is 1. The maximum Gasteiger partial charge on any atom is 0.241 e. The molecule has 0 bridgehead atoms. The summed E-state index contributed by atoms with van der Waals surface area (Å²) >= 11 is 5.97. The van der Waals surface area contributed by atoms with Crippen LogP contribution in [0.15, 0.2) is 59.6 Å². The molecule has 0 saturated carbocycles. The minimum Gasteiger partial charge on any atom is -0.354 e. The van der Waals surface area contributed by atoms with Gasteiger partial charge in [0.1, 0.15) is 0 Å². The highest BCUT2D eigenvalue weighted by Gasteiger charge is 2.20. The molecular weight excluding hydrogens is 410 g/mol. The quantitative estimate of drug-likeness (QED) is 0.512. The van der Waals surface area contributed by atoms with Gasteiger partial charge in [0.15, 0.2) is 5.96 Å². The third-order valence-corrected chi connectivity index (χ3v) is 5.67. The van der Waals surface area contributed by atoms with Crippen LogP contribution in [0.4, 0.5) is 0 Å². The number of likely N-dealkylation sites (N-methyl/N-ethyl adjacent to an activating group) is 1. The van der Waals surface area contributed by atoms with Crippen molar-refractivity contribution in [1.29, 1.82) is 0 Å². The van der Waals surface area contributed by atoms with E-state index in [1.54, 1.807) is 19.0 Å². The summed E-state index contributed by atoms with van der Waals surface area (Å²) in [5, 5.41) is 7.43. The Morgan fingerprint density at radius 1 is 1.06 bits per heavy atom. The first-order valence-corrected chi connectivity index (χ1v) is 11.1. The molecular formula is C24H32ClN5O. The van der Waals surface area contributed by atoms with Gasteiger partial charge in [0, 0.05) is 44.8 Å². The highest BCUT2D eigenvalue weighted by atomic mass is 35.5. The number of guanidine groups is 1. The number of nitrogens with zero attached hydrogens (tertiary/aromatic N) is 3. The van der Waals surface area contributed by atoms with Crippen LogP contribution in [-0.2, 0) is 17.9 Å². The van der Waals surface area contributed by atoms with Gasteiger partial charge in [-0.1, -0.05) is 54.1 Å². The van der Waals surface area contributed by atoms with Crippen LogP contribution >= 0.6 is 11.6 Å². The number of piperidine rings is 1. The van der Waals surface area contributed by atoms with Crippen molar-refractivity contribution in [2.24, 2.45) is 4.99 Å². The summed E-state index contributed by atoms with van der Waals surface area (Å²) in [4.78, 5) is 20.8. The normalized spacial score (nSPS) is 15.5.